The Morgan fingerprint density at radius 2 is 1.60 bits per heavy atom. The number of amides is 1. The van der Waals surface area contributed by atoms with Crippen LogP contribution in [0, 0.1) is 17.8 Å². The monoisotopic (exact) mass is 875 g/mol. The maximum Gasteiger partial charge on any atom is 0.409 e. The number of aldehydes is 1. The molecule has 0 spiro atoms. The number of oxime groups is 1. The maximum atomic E-state index is 14.1. The summed E-state index contributed by atoms with van der Waals surface area (Å²) in [5.41, 5.74) is 2.98. The van der Waals surface area contributed by atoms with Crippen molar-refractivity contribution in [3.8, 4) is 23.0 Å². The fraction of sp³-hybridized carbons (Fsp3) is 0.627. The Hall–Kier alpha value is -4.39. The van der Waals surface area contributed by atoms with Gasteiger partial charge in [-0.15, -0.1) is 6.58 Å². The number of allylic oxidation sites excluding steroid dienone is 1. The molecule has 2 aromatic rings. The van der Waals surface area contributed by atoms with Crippen molar-refractivity contribution >= 4 is 18.1 Å². The minimum Gasteiger partial charge on any atom is -0.496 e. The maximum absolute atomic E-state index is 14.1. The lowest BCUT2D eigenvalue weighted by Gasteiger charge is -2.59. The molecule has 2 N–H and O–H groups in total. The average molecular weight is 875 g/mol. The van der Waals surface area contributed by atoms with Crippen molar-refractivity contribution in [2.75, 3.05) is 47.2 Å². The number of hydrogen-bond donors (Lipinski definition) is 2. The molecule has 12 nitrogen and oxygen atoms in total. The van der Waals surface area contributed by atoms with E-state index in [4.69, 9.17) is 33.7 Å². The van der Waals surface area contributed by atoms with Crippen LogP contribution in [0.1, 0.15) is 145 Å². The van der Waals surface area contributed by atoms with Gasteiger partial charge in [0.1, 0.15) is 35.6 Å². The van der Waals surface area contributed by atoms with E-state index in [-0.39, 0.29) is 37.6 Å². The number of likely N-dealkylation sites (N-methyl/N-ethyl adjacent to an activating group) is 1. The third-order valence-corrected chi connectivity index (χ3v) is 13.0. The smallest absolute Gasteiger partial charge is 0.409 e. The molecular formula is C51H74N2O10. The van der Waals surface area contributed by atoms with Gasteiger partial charge in [0.05, 0.1) is 37.5 Å². The Morgan fingerprint density at radius 1 is 0.921 bits per heavy atom. The number of carbonyl (C=O) groups is 2. The van der Waals surface area contributed by atoms with Gasteiger partial charge in [0, 0.05) is 38.2 Å². The number of nitrogens with zero attached hydrogens (tertiary/aromatic N) is 2. The van der Waals surface area contributed by atoms with E-state index in [1.54, 1.807) is 36.2 Å². The molecule has 1 amide bonds. The standard InChI is InChI=1S/C51H74N2O10/c1-6-9-10-11-12-13-14-15-16-21-31-59-50(57)53(4)47-35-44(52-61-8-3)42-33-37(22-17-19-28-54)41(23-18-20-29-55)48-43-34-40(62-39-24-26-45(58-5)38(32-39)36-56)25-27-46(43)63-51(47,49(42)48)60-30-7-2/h7,24-27,32-34,36-37,41,47-49,54-55H,2,6,8-23,28-31,35H2,1,3-5H3/t37-,41+,47-,48+,49+,51+/m0/s1. The van der Waals surface area contributed by atoms with E-state index < -0.39 is 23.8 Å². The van der Waals surface area contributed by atoms with Gasteiger partial charge in [-0.3, -0.25) is 4.79 Å². The summed E-state index contributed by atoms with van der Waals surface area (Å²) >= 11 is 0. The summed E-state index contributed by atoms with van der Waals surface area (Å²) in [6.45, 7) is 9.19. The highest BCUT2D eigenvalue weighted by atomic mass is 16.7. The fourth-order valence-corrected chi connectivity index (χ4v) is 9.92. The SMILES string of the molecule is C=CCO[C@@]12Oc3ccc(Oc4ccc(OC)c(C=O)c4)cc3[C@H]3[C@H](CCCCO)[C@@H](CCCCO)C=C(C(=NOCC)C[C@@H]1N(C)C(=O)OCCCCCCCCCCCC)[C@H]32. The number of benzene rings is 2. The number of aliphatic hydroxyl groups excluding tert-OH is 2. The second-order valence-corrected chi connectivity index (χ2v) is 17.2. The first-order valence-electron chi connectivity index (χ1n) is 23.7. The number of rotatable bonds is 29. The van der Waals surface area contributed by atoms with Crippen molar-refractivity contribution in [2.45, 2.75) is 141 Å². The van der Waals surface area contributed by atoms with Crippen LogP contribution in [-0.4, -0.2) is 92.2 Å². The zero-order chi connectivity index (χ0) is 45.0. The van der Waals surface area contributed by atoms with E-state index in [0.717, 1.165) is 68.1 Å². The van der Waals surface area contributed by atoms with Gasteiger partial charge in [-0.25, -0.2) is 4.79 Å². The zero-order valence-corrected chi connectivity index (χ0v) is 38.4. The predicted molar refractivity (Wildman–Crippen MR) is 246 cm³/mol. The quantitative estimate of drug-likeness (QED) is 0.0350. The molecule has 0 radical (unpaired) electrons. The van der Waals surface area contributed by atoms with E-state index >= 15 is 0 Å². The van der Waals surface area contributed by atoms with Crippen LogP contribution in [0.25, 0.3) is 0 Å². The second-order valence-electron chi connectivity index (χ2n) is 17.2. The lowest BCUT2D eigenvalue weighted by molar-refractivity contribution is -0.253. The van der Waals surface area contributed by atoms with Crippen LogP contribution in [0.3, 0.4) is 0 Å². The summed E-state index contributed by atoms with van der Waals surface area (Å²) < 4.78 is 32.0. The number of aliphatic hydroxyl groups is 2. The average Bonchev–Trinajstić information content (AvgIpc) is 3.30. The van der Waals surface area contributed by atoms with Crippen molar-refractivity contribution in [1.29, 1.82) is 0 Å². The molecule has 0 saturated heterocycles. The molecule has 3 aliphatic rings. The normalized spacial score (nSPS) is 22.9. The van der Waals surface area contributed by atoms with Crippen LogP contribution >= 0.6 is 0 Å². The number of methoxy groups -OCH3 is 1. The lowest BCUT2D eigenvalue weighted by Crippen LogP contribution is -2.69. The Kier molecular flexibility index (Phi) is 20.3. The lowest BCUT2D eigenvalue weighted by atomic mass is 9.55. The first kappa shape index (κ1) is 49.6. The number of fused-ring (bicyclic) bond motifs is 2. The molecule has 0 bridgehead atoms. The van der Waals surface area contributed by atoms with Gasteiger partial charge >= 0.3 is 6.09 Å². The molecule has 2 aromatic carbocycles. The van der Waals surface area contributed by atoms with Crippen molar-refractivity contribution in [3.05, 3.63) is 71.8 Å². The van der Waals surface area contributed by atoms with Crippen molar-refractivity contribution in [3.63, 3.8) is 0 Å². The first-order chi connectivity index (χ1) is 30.8. The van der Waals surface area contributed by atoms with Crippen molar-refractivity contribution < 1.29 is 48.3 Å². The molecular weight excluding hydrogens is 801 g/mol. The van der Waals surface area contributed by atoms with Crippen molar-refractivity contribution in [1.82, 2.24) is 4.90 Å². The Balaban J connectivity index is 1.54. The van der Waals surface area contributed by atoms with E-state index in [9.17, 15) is 19.8 Å². The minimum atomic E-state index is -1.38. The van der Waals surface area contributed by atoms with Gasteiger partial charge in [0.15, 0.2) is 6.29 Å². The molecule has 6 atom stereocenters. The minimum absolute atomic E-state index is 0.0527. The molecule has 1 saturated carbocycles. The van der Waals surface area contributed by atoms with Gasteiger partial charge in [-0.05, 0) is 92.8 Å². The molecule has 0 unspecified atom stereocenters. The third kappa shape index (κ3) is 12.7. The molecule has 12 heteroatoms. The van der Waals surface area contributed by atoms with Crippen LogP contribution in [0.5, 0.6) is 23.0 Å². The van der Waals surface area contributed by atoms with E-state index in [1.165, 1.54) is 52.1 Å². The van der Waals surface area contributed by atoms with Crippen LogP contribution in [0.4, 0.5) is 4.79 Å². The molecule has 5 rings (SSSR count). The summed E-state index contributed by atoms with van der Waals surface area (Å²) in [6.07, 6.45) is 21.0. The Morgan fingerprint density at radius 3 is 2.27 bits per heavy atom. The zero-order valence-electron chi connectivity index (χ0n) is 38.4. The van der Waals surface area contributed by atoms with Crippen LogP contribution in [0.2, 0.25) is 0 Å². The van der Waals surface area contributed by atoms with Gasteiger partial charge in [-0.1, -0.05) is 94.9 Å². The first-order valence-corrected chi connectivity index (χ1v) is 23.7. The molecule has 63 heavy (non-hydrogen) atoms. The highest BCUT2D eigenvalue weighted by Crippen LogP contribution is 2.62. The van der Waals surface area contributed by atoms with Gasteiger partial charge in [0.2, 0.25) is 5.79 Å². The van der Waals surface area contributed by atoms with E-state index in [2.05, 4.69) is 19.6 Å². The summed E-state index contributed by atoms with van der Waals surface area (Å²) in [4.78, 5) is 33.5. The third-order valence-electron chi connectivity index (χ3n) is 13.0. The van der Waals surface area contributed by atoms with Gasteiger partial charge < -0.3 is 43.6 Å². The number of ether oxygens (including phenoxy) is 5. The number of hydrogen-bond acceptors (Lipinski definition) is 11. The largest absolute Gasteiger partial charge is 0.496 e. The summed E-state index contributed by atoms with van der Waals surface area (Å²) in [5.74, 6) is 0.195. The molecule has 348 valence electrons. The highest BCUT2D eigenvalue weighted by molar-refractivity contribution is 6.03. The topological polar surface area (TPSA) is 146 Å². The summed E-state index contributed by atoms with van der Waals surface area (Å²) in [5, 5.41) is 24.5. The van der Waals surface area contributed by atoms with E-state index in [0.29, 0.717) is 61.0 Å². The highest BCUT2D eigenvalue weighted by Gasteiger charge is 2.65. The van der Waals surface area contributed by atoms with E-state index in [1.807, 2.05) is 25.1 Å². The molecule has 1 aliphatic heterocycles. The molecule has 1 fully saturated rings. The Bertz CT molecular complexity index is 1810. The van der Waals surface area contributed by atoms with Crippen LogP contribution in [-0.2, 0) is 14.3 Å². The van der Waals surface area contributed by atoms with Crippen LogP contribution in [0.15, 0.2) is 65.9 Å². The molecule has 2 aliphatic carbocycles. The molecule has 0 aromatic heterocycles. The van der Waals surface area contributed by atoms with Gasteiger partial charge in [-0.2, -0.15) is 0 Å². The molecule has 1 heterocycles. The van der Waals surface area contributed by atoms with Crippen LogP contribution < -0.4 is 14.2 Å². The van der Waals surface area contributed by atoms with Crippen molar-refractivity contribution in [2.24, 2.45) is 22.9 Å². The van der Waals surface area contributed by atoms with Gasteiger partial charge in [0.25, 0.3) is 0 Å². The summed E-state index contributed by atoms with van der Waals surface area (Å²) in [6, 6.07) is 10.2. The number of unbranched alkanes of at least 4 members (excludes halogenated alkanes) is 11. The second kappa shape index (κ2) is 25.8. The predicted octanol–water partition coefficient (Wildman–Crippen LogP) is 10.9. The number of carbonyl (C=O) groups excluding carboxylic acids is 2. The summed E-state index contributed by atoms with van der Waals surface area (Å²) in [7, 11) is 3.27. The fourth-order valence-electron chi connectivity index (χ4n) is 9.92. The Labute approximate surface area is 376 Å².